The van der Waals surface area contributed by atoms with Gasteiger partial charge in [0, 0.05) is 11.4 Å². The molecule has 4 heteroatoms. The van der Waals surface area contributed by atoms with Gasteiger partial charge in [-0.25, -0.2) is 4.98 Å². The number of para-hydroxylation sites is 2. The molecule has 0 unspecified atom stereocenters. The second kappa shape index (κ2) is 6.64. The first kappa shape index (κ1) is 14.0. The van der Waals surface area contributed by atoms with Crippen LogP contribution in [-0.4, -0.2) is 16.6 Å². The highest BCUT2D eigenvalue weighted by molar-refractivity contribution is 6.30. The van der Waals surface area contributed by atoms with E-state index in [1.807, 2.05) is 42.5 Å². The Labute approximate surface area is 128 Å². The largest absolute Gasteiger partial charge is 0.494 e. The molecule has 0 radical (unpaired) electrons. The fourth-order valence-electron chi connectivity index (χ4n) is 2.24. The Bertz CT molecular complexity index is 673. The zero-order valence-electron chi connectivity index (χ0n) is 11.7. The second-order valence-electron chi connectivity index (χ2n) is 4.96. The van der Waals surface area contributed by atoms with E-state index in [-0.39, 0.29) is 0 Å². The summed E-state index contributed by atoms with van der Waals surface area (Å²) in [4.78, 5) is 7.91. The summed E-state index contributed by atoms with van der Waals surface area (Å²) in [5.74, 6) is 1.91. The average Bonchev–Trinajstić information content (AvgIpc) is 2.91. The summed E-state index contributed by atoms with van der Waals surface area (Å²) >= 11 is 5.83. The lowest BCUT2D eigenvalue weighted by Gasteiger charge is -2.05. The minimum Gasteiger partial charge on any atom is -0.494 e. The standard InChI is InChI=1S/C17H17ClN2O/c18-13-8-10-14(11-9-13)21-12-4-3-7-17-19-15-5-1-2-6-16(15)20-17/h1-2,5-6,8-11H,3-4,7,12H2,(H,19,20). The first-order valence-corrected chi connectivity index (χ1v) is 7.51. The fraction of sp³-hybridized carbons (Fsp3) is 0.235. The zero-order valence-corrected chi connectivity index (χ0v) is 12.4. The summed E-state index contributed by atoms with van der Waals surface area (Å²) in [5, 5.41) is 0.729. The van der Waals surface area contributed by atoms with Gasteiger partial charge in [-0.15, -0.1) is 0 Å². The van der Waals surface area contributed by atoms with E-state index in [0.717, 1.165) is 46.9 Å². The smallest absolute Gasteiger partial charge is 0.119 e. The maximum Gasteiger partial charge on any atom is 0.119 e. The summed E-state index contributed by atoms with van der Waals surface area (Å²) in [6, 6.07) is 15.6. The number of ether oxygens (including phenoxy) is 1. The number of unbranched alkanes of at least 4 members (excludes halogenated alkanes) is 1. The molecule has 108 valence electrons. The van der Waals surface area contributed by atoms with Gasteiger partial charge in [-0.1, -0.05) is 23.7 Å². The molecule has 0 aliphatic rings. The number of benzene rings is 2. The van der Waals surface area contributed by atoms with Crippen molar-refractivity contribution in [2.45, 2.75) is 19.3 Å². The van der Waals surface area contributed by atoms with Crippen molar-refractivity contribution in [3.63, 3.8) is 0 Å². The molecule has 0 aliphatic heterocycles. The van der Waals surface area contributed by atoms with Crippen LogP contribution >= 0.6 is 11.6 Å². The Morgan fingerprint density at radius 1 is 1.00 bits per heavy atom. The summed E-state index contributed by atoms with van der Waals surface area (Å²) in [7, 11) is 0. The van der Waals surface area contributed by atoms with Crippen LogP contribution in [0.25, 0.3) is 11.0 Å². The van der Waals surface area contributed by atoms with Crippen molar-refractivity contribution in [1.29, 1.82) is 0 Å². The molecule has 0 atom stereocenters. The van der Waals surface area contributed by atoms with Gasteiger partial charge in [0.1, 0.15) is 11.6 Å². The molecule has 3 aromatic rings. The maximum atomic E-state index is 5.83. The van der Waals surface area contributed by atoms with Gasteiger partial charge in [-0.2, -0.15) is 0 Å². The molecular weight excluding hydrogens is 284 g/mol. The van der Waals surface area contributed by atoms with Crippen LogP contribution in [0.1, 0.15) is 18.7 Å². The third-order valence-corrected chi connectivity index (χ3v) is 3.58. The molecule has 0 aliphatic carbocycles. The molecular formula is C17H17ClN2O. The van der Waals surface area contributed by atoms with E-state index >= 15 is 0 Å². The number of halogens is 1. The summed E-state index contributed by atoms with van der Waals surface area (Å²) in [6.45, 7) is 0.710. The zero-order chi connectivity index (χ0) is 14.5. The summed E-state index contributed by atoms with van der Waals surface area (Å²) < 4.78 is 5.67. The highest BCUT2D eigenvalue weighted by Crippen LogP contribution is 2.16. The van der Waals surface area contributed by atoms with Gasteiger partial charge in [0.25, 0.3) is 0 Å². The van der Waals surface area contributed by atoms with Crippen molar-refractivity contribution in [3.8, 4) is 5.75 Å². The fourth-order valence-corrected chi connectivity index (χ4v) is 2.37. The molecule has 1 aromatic heterocycles. The van der Waals surface area contributed by atoms with Gasteiger partial charge in [-0.05, 0) is 49.2 Å². The number of nitrogens with one attached hydrogen (secondary N) is 1. The van der Waals surface area contributed by atoms with E-state index in [0.29, 0.717) is 6.61 Å². The van der Waals surface area contributed by atoms with Gasteiger partial charge < -0.3 is 9.72 Å². The lowest BCUT2D eigenvalue weighted by molar-refractivity contribution is 0.306. The topological polar surface area (TPSA) is 37.9 Å². The molecule has 1 heterocycles. The predicted octanol–water partition coefficient (Wildman–Crippen LogP) is 4.62. The van der Waals surface area contributed by atoms with Crippen LogP contribution in [0.3, 0.4) is 0 Å². The van der Waals surface area contributed by atoms with E-state index in [2.05, 4.69) is 16.0 Å². The number of H-pyrrole nitrogens is 1. The Hall–Kier alpha value is -2.00. The molecule has 1 N–H and O–H groups in total. The monoisotopic (exact) mass is 300 g/mol. The van der Waals surface area contributed by atoms with E-state index in [1.165, 1.54) is 0 Å². The lowest BCUT2D eigenvalue weighted by atomic mass is 10.2. The molecule has 21 heavy (non-hydrogen) atoms. The summed E-state index contributed by atoms with van der Waals surface area (Å²) in [6.07, 6.45) is 2.99. The van der Waals surface area contributed by atoms with E-state index in [9.17, 15) is 0 Å². The van der Waals surface area contributed by atoms with Crippen molar-refractivity contribution in [2.24, 2.45) is 0 Å². The van der Waals surface area contributed by atoms with Crippen molar-refractivity contribution < 1.29 is 4.74 Å². The third kappa shape index (κ3) is 3.76. The van der Waals surface area contributed by atoms with Crippen LogP contribution in [0.15, 0.2) is 48.5 Å². The van der Waals surface area contributed by atoms with Gasteiger partial charge >= 0.3 is 0 Å². The lowest BCUT2D eigenvalue weighted by Crippen LogP contribution is -1.98. The van der Waals surface area contributed by atoms with Crippen molar-refractivity contribution in [1.82, 2.24) is 9.97 Å². The van der Waals surface area contributed by atoms with Crippen molar-refractivity contribution in [3.05, 3.63) is 59.4 Å². The molecule has 0 saturated carbocycles. The minimum atomic E-state index is 0.710. The van der Waals surface area contributed by atoms with Gasteiger partial charge in [-0.3, -0.25) is 0 Å². The molecule has 0 bridgehead atoms. The number of rotatable bonds is 6. The van der Waals surface area contributed by atoms with E-state index < -0.39 is 0 Å². The number of aromatic amines is 1. The SMILES string of the molecule is Clc1ccc(OCCCCc2nc3ccccc3[nH]2)cc1. The van der Waals surface area contributed by atoms with Crippen molar-refractivity contribution >= 4 is 22.6 Å². The molecule has 0 amide bonds. The first-order chi connectivity index (χ1) is 10.3. The Morgan fingerprint density at radius 3 is 2.62 bits per heavy atom. The number of fused-ring (bicyclic) bond motifs is 1. The Morgan fingerprint density at radius 2 is 1.81 bits per heavy atom. The van der Waals surface area contributed by atoms with E-state index in [4.69, 9.17) is 16.3 Å². The van der Waals surface area contributed by atoms with E-state index in [1.54, 1.807) is 0 Å². The molecule has 0 saturated heterocycles. The van der Waals surface area contributed by atoms with Crippen molar-refractivity contribution in [2.75, 3.05) is 6.61 Å². The maximum absolute atomic E-state index is 5.83. The number of hydrogen-bond acceptors (Lipinski definition) is 2. The quantitative estimate of drug-likeness (QED) is 0.675. The highest BCUT2D eigenvalue weighted by Gasteiger charge is 2.01. The minimum absolute atomic E-state index is 0.710. The molecule has 2 aromatic carbocycles. The Kier molecular flexibility index (Phi) is 4.41. The number of aromatic nitrogens is 2. The molecule has 0 spiro atoms. The summed E-state index contributed by atoms with van der Waals surface area (Å²) in [5.41, 5.74) is 2.13. The van der Waals surface area contributed by atoms with Crippen LogP contribution < -0.4 is 4.74 Å². The number of aryl methyl sites for hydroxylation is 1. The average molecular weight is 301 g/mol. The molecule has 3 rings (SSSR count). The van der Waals surface area contributed by atoms with Gasteiger partial charge in [0.05, 0.1) is 17.6 Å². The molecule has 3 nitrogen and oxygen atoms in total. The second-order valence-corrected chi connectivity index (χ2v) is 5.40. The Balaban J connectivity index is 1.42. The van der Waals surface area contributed by atoms with Gasteiger partial charge in [0.2, 0.25) is 0 Å². The van der Waals surface area contributed by atoms with Gasteiger partial charge in [0.15, 0.2) is 0 Å². The third-order valence-electron chi connectivity index (χ3n) is 3.33. The van der Waals surface area contributed by atoms with Crippen LogP contribution in [-0.2, 0) is 6.42 Å². The number of nitrogens with zero attached hydrogens (tertiary/aromatic N) is 1. The van der Waals surface area contributed by atoms with Crippen LogP contribution in [0.4, 0.5) is 0 Å². The number of imidazole rings is 1. The predicted molar refractivity (Wildman–Crippen MR) is 86.0 cm³/mol. The number of hydrogen-bond donors (Lipinski definition) is 1. The normalized spacial score (nSPS) is 10.9. The van der Waals surface area contributed by atoms with Crippen LogP contribution in [0, 0.1) is 0 Å². The van der Waals surface area contributed by atoms with Crippen LogP contribution in [0.5, 0.6) is 5.75 Å². The molecule has 0 fully saturated rings. The van der Waals surface area contributed by atoms with Crippen LogP contribution in [0.2, 0.25) is 5.02 Å². The highest BCUT2D eigenvalue weighted by atomic mass is 35.5. The first-order valence-electron chi connectivity index (χ1n) is 7.13.